The SMILES string of the molecule is C=C/C=C\C(=C\c1ccc2oc3c4ccccc4ccc3c2c1)N(/C=C/C=C\C1=Cc2ccccc2C12c1ccccc1-c1ccccc12)c1cccc(-n2c3ccccc3c3ccccc32)c1. The molecule has 0 radical (unpaired) electrons. The molecule has 0 atom stereocenters. The van der Waals surface area contributed by atoms with Crippen molar-refractivity contribution in [2.75, 3.05) is 4.90 Å². The first-order chi connectivity index (χ1) is 33.7. The average Bonchev–Trinajstić information content (AvgIpc) is 4.13. The molecule has 3 heteroatoms. The number of nitrogens with zero attached hydrogens (tertiary/aromatic N) is 2. The Morgan fingerprint density at radius 3 is 1.99 bits per heavy atom. The Labute approximate surface area is 395 Å². The first kappa shape index (κ1) is 39.4. The number of allylic oxidation sites excluding steroid dienone is 7. The van der Waals surface area contributed by atoms with Crippen LogP contribution in [0, 0.1) is 0 Å². The molecule has 0 N–H and O–H groups in total. The van der Waals surface area contributed by atoms with Gasteiger partial charge in [-0.1, -0.05) is 183 Å². The highest BCUT2D eigenvalue weighted by Gasteiger charge is 2.49. The highest BCUT2D eigenvalue weighted by atomic mass is 16.3. The van der Waals surface area contributed by atoms with Gasteiger partial charge in [0.1, 0.15) is 11.2 Å². The fourth-order valence-corrected chi connectivity index (χ4v) is 11.2. The first-order valence-corrected chi connectivity index (χ1v) is 23.3. The Morgan fingerprint density at radius 1 is 0.544 bits per heavy atom. The minimum Gasteiger partial charge on any atom is -0.455 e. The van der Waals surface area contributed by atoms with Crippen LogP contribution in [0.15, 0.2) is 265 Å². The van der Waals surface area contributed by atoms with Crippen molar-refractivity contribution >= 4 is 72.4 Å². The molecule has 2 aliphatic carbocycles. The average molecular weight is 869 g/mol. The number of rotatable bonds is 9. The van der Waals surface area contributed by atoms with Crippen molar-refractivity contribution in [3.63, 3.8) is 0 Å². The lowest BCUT2D eigenvalue weighted by Gasteiger charge is -2.31. The Kier molecular flexibility index (Phi) is 9.23. The highest BCUT2D eigenvalue weighted by molar-refractivity contribution is 6.15. The number of aromatic nitrogens is 1. The quantitative estimate of drug-likeness (QED) is 0.135. The molecule has 2 heterocycles. The van der Waals surface area contributed by atoms with Crippen molar-refractivity contribution < 1.29 is 4.42 Å². The van der Waals surface area contributed by atoms with Crippen LogP contribution in [0.25, 0.3) is 83.5 Å². The lowest BCUT2D eigenvalue weighted by atomic mass is 9.69. The van der Waals surface area contributed by atoms with E-state index in [0.29, 0.717) is 0 Å². The summed E-state index contributed by atoms with van der Waals surface area (Å²) in [6.45, 7) is 4.09. The molecule has 1 spiro atoms. The predicted molar refractivity (Wildman–Crippen MR) is 286 cm³/mol. The van der Waals surface area contributed by atoms with Crippen LogP contribution >= 0.6 is 0 Å². The summed E-state index contributed by atoms with van der Waals surface area (Å²) in [6.07, 6.45) is 19.5. The smallest absolute Gasteiger partial charge is 0.143 e. The highest BCUT2D eigenvalue weighted by Crippen LogP contribution is 2.60. The van der Waals surface area contributed by atoms with Gasteiger partial charge in [-0.15, -0.1) is 0 Å². The van der Waals surface area contributed by atoms with Crippen molar-refractivity contribution in [2.45, 2.75) is 5.41 Å². The molecule has 0 aliphatic heterocycles. The topological polar surface area (TPSA) is 21.3 Å². The lowest BCUT2D eigenvalue weighted by Crippen LogP contribution is -2.26. The zero-order valence-corrected chi connectivity index (χ0v) is 37.3. The molecule has 320 valence electrons. The molecular weight excluding hydrogens is 825 g/mol. The number of hydrogen-bond donors (Lipinski definition) is 0. The van der Waals surface area contributed by atoms with Gasteiger partial charge in [0.05, 0.1) is 16.4 Å². The summed E-state index contributed by atoms with van der Waals surface area (Å²) in [5.41, 5.74) is 16.9. The number of furan rings is 1. The largest absolute Gasteiger partial charge is 0.455 e. The Morgan fingerprint density at radius 2 is 1.22 bits per heavy atom. The molecule has 9 aromatic carbocycles. The van der Waals surface area contributed by atoms with Gasteiger partial charge in [0.25, 0.3) is 0 Å². The van der Waals surface area contributed by atoms with Crippen molar-refractivity contribution in [1.29, 1.82) is 0 Å². The van der Waals surface area contributed by atoms with E-state index in [9.17, 15) is 0 Å². The number of anilines is 1. The van der Waals surface area contributed by atoms with Crippen molar-refractivity contribution in [1.82, 2.24) is 4.57 Å². The second kappa shape index (κ2) is 15.9. The summed E-state index contributed by atoms with van der Waals surface area (Å²) in [4.78, 5) is 2.28. The molecule has 0 bridgehead atoms. The van der Waals surface area contributed by atoms with Crippen LogP contribution in [0.2, 0.25) is 0 Å². The van der Waals surface area contributed by atoms with E-state index in [0.717, 1.165) is 55.3 Å². The van der Waals surface area contributed by atoms with E-state index in [1.807, 2.05) is 12.2 Å². The molecular formula is C65H44N2O. The molecule has 11 aromatic rings. The minimum atomic E-state index is -0.412. The summed E-state index contributed by atoms with van der Waals surface area (Å²) in [6, 6.07) is 72.2. The van der Waals surface area contributed by atoms with Gasteiger partial charge in [-0.3, -0.25) is 0 Å². The third-order valence-corrected chi connectivity index (χ3v) is 14.0. The summed E-state index contributed by atoms with van der Waals surface area (Å²) in [5.74, 6) is 0. The normalized spacial score (nSPS) is 14.1. The summed E-state index contributed by atoms with van der Waals surface area (Å²) >= 11 is 0. The molecule has 0 unspecified atom stereocenters. The Bertz CT molecular complexity index is 3920. The fraction of sp³-hybridized carbons (Fsp3) is 0.0154. The van der Waals surface area contributed by atoms with E-state index in [2.05, 4.69) is 259 Å². The van der Waals surface area contributed by atoms with E-state index >= 15 is 0 Å². The molecule has 2 aliphatic rings. The molecule has 0 fully saturated rings. The summed E-state index contributed by atoms with van der Waals surface area (Å²) < 4.78 is 8.91. The van der Waals surface area contributed by atoms with E-state index in [1.54, 1.807) is 0 Å². The van der Waals surface area contributed by atoms with Gasteiger partial charge in [-0.05, 0) is 123 Å². The van der Waals surface area contributed by atoms with Crippen LogP contribution < -0.4 is 4.90 Å². The van der Waals surface area contributed by atoms with E-state index in [1.165, 1.54) is 60.8 Å². The Hall–Kier alpha value is -8.92. The van der Waals surface area contributed by atoms with E-state index < -0.39 is 5.41 Å². The Balaban J connectivity index is 0.963. The van der Waals surface area contributed by atoms with Crippen LogP contribution in [0.4, 0.5) is 5.69 Å². The summed E-state index contributed by atoms with van der Waals surface area (Å²) in [7, 11) is 0. The van der Waals surface area contributed by atoms with Crippen LogP contribution in [-0.2, 0) is 5.41 Å². The van der Waals surface area contributed by atoms with Gasteiger partial charge >= 0.3 is 0 Å². The molecule has 0 saturated carbocycles. The van der Waals surface area contributed by atoms with E-state index in [4.69, 9.17) is 4.42 Å². The van der Waals surface area contributed by atoms with Crippen molar-refractivity contribution in [3.05, 3.63) is 289 Å². The standard InChI is InChI=1S/C65H44N2O/c1-2-3-22-48(40-44-35-38-63-57(41-44)56-37-36-45-19-4-6-25-51(45)64(56)68-63)66(49-23-18-24-50(43-49)67-61-33-14-9-28-54(61)55-29-10-15-34-62(55)67)39-17-16-21-47-42-46-20-5-11-30-58(46)65(47)59-31-12-7-26-52(59)53-27-8-13-32-60(53)65/h2-43H,1H2/b21-16-,22-3-,39-17+,48-40-. The molecule has 2 aromatic heterocycles. The first-order valence-electron chi connectivity index (χ1n) is 23.3. The molecule has 0 amide bonds. The predicted octanol–water partition coefficient (Wildman–Crippen LogP) is 16.9. The number of hydrogen-bond acceptors (Lipinski definition) is 2. The van der Waals surface area contributed by atoms with Crippen LogP contribution in [0.1, 0.15) is 27.8 Å². The van der Waals surface area contributed by atoms with Gasteiger partial charge in [-0.2, -0.15) is 0 Å². The fourth-order valence-electron chi connectivity index (χ4n) is 11.2. The van der Waals surface area contributed by atoms with E-state index in [-0.39, 0.29) is 0 Å². The molecule has 0 saturated heterocycles. The van der Waals surface area contributed by atoms with Gasteiger partial charge < -0.3 is 13.9 Å². The second-order valence-electron chi connectivity index (χ2n) is 17.7. The van der Waals surface area contributed by atoms with Gasteiger partial charge in [0.15, 0.2) is 0 Å². The number of fused-ring (bicyclic) bond motifs is 15. The number of benzene rings is 9. The maximum Gasteiger partial charge on any atom is 0.143 e. The van der Waals surface area contributed by atoms with Crippen LogP contribution in [0.3, 0.4) is 0 Å². The number of para-hydroxylation sites is 2. The summed E-state index contributed by atoms with van der Waals surface area (Å²) in [5, 5.41) is 6.93. The van der Waals surface area contributed by atoms with Crippen molar-refractivity contribution in [2.24, 2.45) is 0 Å². The monoisotopic (exact) mass is 868 g/mol. The van der Waals surface area contributed by atoms with Gasteiger partial charge in [0.2, 0.25) is 0 Å². The lowest BCUT2D eigenvalue weighted by molar-refractivity contribution is 0.672. The molecule has 68 heavy (non-hydrogen) atoms. The molecule has 13 rings (SSSR count). The third-order valence-electron chi connectivity index (χ3n) is 14.0. The zero-order chi connectivity index (χ0) is 45.2. The van der Waals surface area contributed by atoms with Crippen molar-refractivity contribution in [3.8, 4) is 16.8 Å². The maximum atomic E-state index is 6.53. The molecule has 3 nitrogen and oxygen atoms in total. The maximum absolute atomic E-state index is 6.53. The van der Waals surface area contributed by atoms with Gasteiger partial charge in [0, 0.05) is 50.2 Å². The van der Waals surface area contributed by atoms with Crippen LogP contribution in [-0.4, -0.2) is 4.57 Å². The second-order valence-corrected chi connectivity index (χ2v) is 17.7. The third kappa shape index (κ3) is 6.06. The van der Waals surface area contributed by atoms with Crippen LogP contribution in [0.5, 0.6) is 0 Å². The van der Waals surface area contributed by atoms with Gasteiger partial charge in [-0.25, -0.2) is 0 Å². The zero-order valence-electron chi connectivity index (χ0n) is 37.3. The minimum absolute atomic E-state index is 0.412.